The SMILES string of the molecule is Cc1ccc(NC(=O)N2CCN(C(=O)C3CCCCN3C)CC2)cc1. The second-order valence-corrected chi connectivity index (χ2v) is 7.10. The number of hydrogen-bond acceptors (Lipinski definition) is 3. The number of likely N-dealkylation sites (tertiary alicyclic amines) is 1. The van der Waals surface area contributed by atoms with E-state index in [-0.39, 0.29) is 18.0 Å². The van der Waals surface area contributed by atoms with Crippen LogP contribution in [0.2, 0.25) is 0 Å². The van der Waals surface area contributed by atoms with E-state index >= 15 is 0 Å². The molecule has 0 bridgehead atoms. The molecule has 0 aliphatic carbocycles. The maximum absolute atomic E-state index is 12.7. The van der Waals surface area contributed by atoms with E-state index in [1.165, 1.54) is 6.42 Å². The number of hydrogen-bond donors (Lipinski definition) is 1. The normalized spacial score (nSPS) is 21.9. The van der Waals surface area contributed by atoms with Crippen molar-refractivity contribution >= 4 is 17.6 Å². The molecule has 2 aliphatic heterocycles. The van der Waals surface area contributed by atoms with Gasteiger partial charge in [-0.05, 0) is 45.5 Å². The summed E-state index contributed by atoms with van der Waals surface area (Å²) in [6.45, 7) is 5.41. The minimum Gasteiger partial charge on any atom is -0.338 e. The lowest BCUT2D eigenvalue weighted by atomic mass is 10.0. The Labute approximate surface area is 149 Å². The van der Waals surface area contributed by atoms with Gasteiger partial charge in [-0.15, -0.1) is 0 Å². The van der Waals surface area contributed by atoms with E-state index in [2.05, 4.69) is 10.2 Å². The third kappa shape index (κ3) is 4.31. The number of nitrogens with one attached hydrogen (secondary N) is 1. The van der Waals surface area contributed by atoms with Gasteiger partial charge in [0.15, 0.2) is 0 Å². The van der Waals surface area contributed by atoms with Crippen LogP contribution in [0.15, 0.2) is 24.3 Å². The summed E-state index contributed by atoms with van der Waals surface area (Å²) >= 11 is 0. The Morgan fingerprint density at radius 3 is 2.24 bits per heavy atom. The number of piperazine rings is 1. The van der Waals surface area contributed by atoms with Gasteiger partial charge in [-0.25, -0.2) is 4.79 Å². The molecule has 1 aromatic rings. The van der Waals surface area contributed by atoms with E-state index in [1.54, 1.807) is 4.90 Å². The molecule has 1 aromatic carbocycles. The molecular formula is C19H28N4O2. The number of carbonyl (C=O) groups excluding carboxylic acids is 2. The second kappa shape index (κ2) is 7.87. The quantitative estimate of drug-likeness (QED) is 0.894. The van der Waals surface area contributed by atoms with Gasteiger partial charge in [0.05, 0.1) is 6.04 Å². The van der Waals surface area contributed by atoms with E-state index in [0.717, 1.165) is 30.6 Å². The molecule has 1 unspecified atom stereocenters. The zero-order valence-electron chi connectivity index (χ0n) is 15.2. The van der Waals surface area contributed by atoms with Crippen molar-refractivity contribution in [3.8, 4) is 0 Å². The van der Waals surface area contributed by atoms with Crippen LogP contribution in [0.4, 0.5) is 10.5 Å². The summed E-state index contributed by atoms with van der Waals surface area (Å²) in [6, 6.07) is 7.70. The van der Waals surface area contributed by atoms with Gasteiger partial charge in [-0.3, -0.25) is 9.69 Å². The van der Waals surface area contributed by atoms with Crippen LogP contribution in [0.25, 0.3) is 0 Å². The number of rotatable bonds is 2. The van der Waals surface area contributed by atoms with E-state index < -0.39 is 0 Å². The van der Waals surface area contributed by atoms with E-state index in [0.29, 0.717) is 26.2 Å². The summed E-state index contributed by atoms with van der Waals surface area (Å²) < 4.78 is 0. The fraction of sp³-hybridized carbons (Fsp3) is 0.579. The van der Waals surface area contributed by atoms with Crippen molar-refractivity contribution in [2.24, 2.45) is 0 Å². The zero-order chi connectivity index (χ0) is 17.8. The molecule has 0 spiro atoms. The number of nitrogens with zero attached hydrogens (tertiary/aromatic N) is 3. The molecule has 1 N–H and O–H groups in total. The molecule has 6 heteroatoms. The molecule has 3 rings (SSSR count). The third-order valence-corrected chi connectivity index (χ3v) is 5.24. The molecule has 6 nitrogen and oxygen atoms in total. The van der Waals surface area contributed by atoms with Gasteiger partial charge in [-0.2, -0.15) is 0 Å². The van der Waals surface area contributed by atoms with Gasteiger partial charge in [0.2, 0.25) is 5.91 Å². The smallest absolute Gasteiger partial charge is 0.321 e. The van der Waals surface area contributed by atoms with Crippen LogP contribution >= 0.6 is 0 Å². The summed E-state index contributed by atoms with van der Waals surface area (Å²) in [4.78, 5) is 31.0. The molecule has 25 heavy (non-hydrogen) atoms. The standard InChI is InChI=1S/C19H28N4O2/c1-15-6-8-16(9-7-15)20-19(25)23-13-11-22(12-14-23)18(24)17-5-3-4-10-21(17)2/h6-9,17H,3-5,10-14H2,1-2H3,(H,20,25). The molecule has 2 fully saturated rings. The first-order valence-corrected chi connectivity index (χ1v) is 9.16. The van der Waals surface area contributed by atoms with Crippen LogP contribution in [0, 0.1) is 6.92 Å². The zero-order valence-corrected chi connectivity index (χ0v) is 15.2. The molecule has 0 saturated carbocycles. The van der Waals surface area contributed by atoms with Crippen molar-refractivity contribution < 1.29 is 9.59 Å². The average Bonchev–Trinajstić information content (AvgIpc) is 2.63. The molecule has 136 valence electrons. The predicted molar refractivity (Wildman–Crippen MR) is 98.6 cm³/mol. The number of anilines is 1. The lowest BCUT2D eigenvalue weighted by Gasteiger charge is -2.39. The van der Waals surface area contributed by atoms with Crippen LogP contribution in [0.3, 0.4) is 0 Å². The van der Waals surface area contributed by atoms with E-state index in [4.69, 9.17) is 0 Å². The number of likely N-dealkylation sites (N-methyl/N-ethyl adjacent to an activating group) is 1. The molecule has 2 aliphatic rings. The van der Waals surface area contributed by atoms with Crippen molar-refractivity contribution in [1.82, 2.24) is 14.7 Å². The Bertz CT molecular complexity index is 608. The highest BCUT2D eigenvalue weighted by atomic mass is 16.2. The number of carbonyl (C=O) groups is 2. The fourth-order valence-electron chi connectivity index (χ4n) is 3.57. The second-order valence-electron chi connectivity index (χ2n) is 7.10. The average molecular weight is 344 g/mol. The monoisotopic (exact) mass is 344 g/mol. The van der Waals surface area contributed by atoms with E-state index in [1.807, 2.05) is 43.1 Å². The third-order valence-electron chi connectivity index (χ3n) is 5.24. The molecule has 0 aromatic heterocycles. The Hall–Kier alpha value is -2.08. The summed E-state index contributed by atoms with van der Waals surface area (Å²) in [7, 11) is 2.03. The van der Waals surface area contributed by atoms with Crippen LogP contribution < -0.4 is 5.32 Å². The van der Waals surface area contributed by atoms with Crippen LogP contribution in [-0.2, 0) is 4.79 Å². The maximum atomic E-state index is 12.7. The first-order valence-electron chi connectivity index (χ1n) is 9.16. The summed E-state index contributed by atoms with van der Waals surface area (Å²) in [5.41, 5.74) is 1.97. The largest absolute Gasteiger partial charge is 0.338 e. The molecule has 0 radical (unpaired) electrons. The highest BCUT2D eigenvalue weighted by Crippen LogP contribution is 2.18. The Balaban J connectivity index is 1.50. The summed E-state index contributed by atoms with van der Waals surface area (Å²) in [6.07, 6.45) is 3.25. The maximum Gasteiger partial charge on any atom is 0.321 e. The lowest BCUT2D eigenvalue weighted by molar-refractivity contribution is -0.139. The fourth-order valence-corrected chi connectivity index (χ4v) is 3.57. The first kappa shape index (κ1) is 17.7. The molecule has 1 atom stereocenters. The number of amides is 3. The number of aryl methyl sites for hydroxylation is 1. The van der Waals surface area contributed by atoms with E-state index in [9.17, 15) is 9.59 Å². The summed E-state index contributed by atoms with van der Waals surface area (Å²) in [5, 5.41) is 2.93. The molecular weight excluding hydrogens is 316 g/mol. The predicted octanol–water partition coefficient (Wildman–Crippen LogP) is 2.16. The highest BCUT2D eigenvalue weighted by molar-refractivity contribution is 5.89. The highest BCUT2D eigenvalue weighted by Gasteiger charge is 2.32. The van der Waals surface area contributed by atoms with Crippen molar-refractivity contribution in [3.05, 3.63) is 29.8 Å². The van der Waals surface area contributed by atoms with Gasteiger partial charge < -0.3 is 15.1 Å². The van der Waals surface area contributed by atoms with Gasteiger partial charge >= 0.3 is 6.03 Å². The minimum atomic E-state index is -0.0919. The molecule has 3 amide bonds. The van der Waals surface area contributed by atoms with Crippen molar-refractivity contribution in [1.29, 1.82) is 0 Å². The Morgan fingerprint density at radius 1 is 0.960 bits per heavy atom. The van der Waals surface area contributed by atoms with Crippen LogP contribution in [0.1, 0.15) is 24.8 Å². The van der Waals surface area contributed by atoms with Crippen LogP contribution in [-0.4, -0.2) is 72.5 Å². The number of piperidine rings is 1. The van der Waals surface area contributed by atoms with Gasteiger partial charge in [0.25, 0.3) is 0 Å². The van der Waals surface area contributed by atoms with Gasteiger partial charge in [0, 0.05) is 31.9 Å². The van der Waals surface area contributed by atoms with Crippen molar-refractivity contribution in [3.63, 3.8) is 0 Å². The van der Waals surface area contributed by atoms with Gasteiger partial charge in [0.1, 0.15) is 0 Å². The topological polar surface area (TPSA) is 55.9 Å². The van der Waals surface area contributed by atoms with Gasteiger partial charge in [-0.1, -0.05) is 24.1 Å². The first-order chi connectivity index (χ1) is 12.0. The number of benzene rings is 1. The molecule has 2 saturated heterocycles. The molecule has 2 heterocycles. The Morgan fingerprint density at radius 2 is 1.60 bits per heavy atom. The van der Waals surface area contributed by atoms with Crippen LogP contribution in [0.5, 0.6) is 0 Å². The van der Waals surface area contributed by atoms with Crippen molar-refractivity contribution in [2.45, 2.75) is 32.2 Å². The minimum absolute atomic E-state index is 0.0154. The Kier molecular flexibility index (Phi) is 5.58. The summed E-state index contributed by atoms with van der Waals surface area (Å²) in [5.74, 6) is 0.223. The van der Waals surface area contributed by atoms with Crippen molar-refractivity contribution in [2.75, 3.05) is 45.1 Å². The lowest BCUT2D eigenvalue weighted by Crippen LogP contribution is -2.56. The number of urea groups is 1.